The molecule has 1 atom stereocenters. The van der Waals surface area contributed by atoms with E-state index in [0.29, 0.717) is 13.0 Å². The van der Waals surface area contributed by atoms with Crippen LogP contribution in [0.4, 0.5) is 0 Å². The normalized spacial score (nSPS) is 14.6. The van der Waals surface area contributed by atoms with Crippen LogP contribution in [0.2, 0.25) is 0 Å². The molecule has 1 heterocycles. The number of aliphatic hydroxyl groups is 1. The summed E-state index contributed by atoms with van der Waals surface area (Å²) in [4.78, 5) is 3.15. The second kappa shape index (κ2) is 4.78. The van der Waals surface area contributed by atoms with E-state index in [1.807, 2.05) is 30.5 Å². The predicted molar refractivity (Wildman–Crippen MR) is 70.9 cm³/mol. The molecule has 2 rings (SSSR count). The largest absolute Gasteiger partial charge is 0.385 e. The topological polar surface area (TPSA) is 48.0 Å². The maximum Gasteiger partial charge on any atom is 0.135 e. The average molecular weight is 226 g/mol. The fraction of sp³-hybridized carbons (Fsp3) is 0.231. The van der Waals surface area contributed by atoms with Crippen LogP contribution in [0.3, 0.4) is 0 Å². The quantitative estimate of drug-likeness (QED) is 0.409. The monoisotopic (exact) mass is 226 g/mol. The van der Waals surface area contributed by atoms with Crippen LogP contribution in [0.25, 0.3) is 10.9 Å². The Morgan fingerprint density at radius 3 is 3.00 bits per heavy atom. The molecule has 2 aromatic rings. The van der Waals surface area contributed by atoms with Crippen LogP contribution < -0.4 is 5.32 Å². The zero-order chi connectivity index (χ0) is 12.3. The van der Waals surface area contributed by atoms with Gasteiger partial charge in [0.2, 0.25) is 0 Å². The minimum Gasteiger partial charge on any atom is -0.385 e. The lowest BCUT2D eigenvalue weighted by Gasteiger charge is -2.24. The second-order valence-corrected chi connectivity index (χ2v) is 4.13. The first-order valence-electron chi connectivity index (χ1n) is 5.54. The lowest BCUT2D eigenvalue weighted by Crippen LogP contribution is -2.47. The molecule has 0 aliphatic rings. The van der Waals surface area contributed by atoms with Crippen LogP contribution in [0.15, 0.2) is 43.1 Å². The highest BCUT2D eigenvalue weighted by Crippen LogP contribution is 2.20. The van der Waals surface area contributed by atoms with Crippen molar-refractivity contribution in [3.63, 3.8) is 0 Å². The molecule has 1 aromatic carbocycles. The van der Waals surface area contributed by atoms with Crippen molar-refractivity contribution in [1.29, 1.82) is 0 Å². The lowest BCUT2D eigenvalue weighted by atomic mass is 9.84. The maximum atomic E-state index is 9.98. The summed E-state index contributed by atoms with van der Waals surface area (Å²) in [6.45, 7) is 4.04. The number of aromatic amines is 1. The van der Waals surface area contributed by atoms with E-state index >= 15 is 0 Å². The van der Waals surface area contributed by atoms with E-state index in [4.69, 9.17) is 7.85 Å². The van der Waals surface area contributed by atoms with E-state index in [0.717, 1.165) is 16.5 Å². The van der Waals surface area contributed by atoms with E-state index in [2.05, 4.69) is 16.9 Å². The number of rotatable bonds is 5. The first-order chi connectivity index (χ1) is 8.12. The molecular formula is C13H15BN2O. The molecule has 2 radical (unpaired) electrons. The Bertz CT molecular complexity index is 519. The average Bonchev–Trinajstić information content (AvgIpc) is 2.70. The van der Waals surface area contributed by atoms with E-state index in [1.165, 1.54) is 0 Å². The van der Waals surface area contributed by atoms with Gasteiger partial charge in [-0.25, -0.2) is 0 Å². The van der Waals surface area contributed by atoms with Crippen LogP contribution in [0.5, 0.6) is 0 Å². The van der Waals surface area contributed by atoms with E-state index in [1.54, 1.807) is 6.08 Å². The molecule has 1 unspecified atom stereocenters. The van der Waals surface area contributed by atoms with Crippen LogP contribution in [0, 0.1) is 0 Å². The first-order valence-corrected chi connectivity index (χ1v) is 5.54. The second-order valence-electron chi connectivity index (χ2n) is 4.13. The number of hydrogen-bond acceptors (Lipinski definition) is 2. The van der Waals surface area contributed by atoms with Gasteiger partial charge in [0.05, 0.1) is 5.62 Å². The Kier molecular flexibility index (Phi) is 3.36. The molecule has 1 aromatic heterocycles. The van der Waals surface area contributed by atoms with Gasteiger partial charge in [-0.05, 0) is 11.6 Å². The van der Waals surface area contributed by atoms with Gasteiger partial charge in [0.15, 0.2) is 0 Å². The number of aromatic nitrogens is 1. The number of nitrogens with one attached hydrogen (secondary N) is 2. The number of para-hydroxylation sites is 1. The SMILES string of the molecule is [B]C(O)(Cc1c[nH]c2ccccc12)NCC=C. The predicted octanol–water partition coefficient (Wildman–Crippen LogP) is 1.30. The van der Waals surface area contributed by atoms with Gasteiger partial charge >= 0.3 is 0 Å². The minimum atomic E-state index is -1.42. The Morgan fingerprint density at radius 1 is 1.47 bits per heavy atom. The van der Waals surface area contributed by atoms with Crippen molar-refractivity contribution in [2.24, 2.45) is 0 Å². The molecule has 0 amide bonds. The molecule has 86 valence electrons. The molecule has 4 heteroatoms. The van der Waals surface area contributed by atoms with Crippen molar-refractivity contribution < 1.29 is 5.11 Å². The molecule has 0 spiro atoms. The maximum absolute atomic E-state index is 9.98. The fourth-order valence-electron chi connectivity index (χ4n) is 1.88. The molecule has 0 aliphatic heterocycles. The van der Waals surface area contributed by atoms with Crippen molar-refractivity contribution in [3.8, 4) is 0 Å². The molecule has 3 nitrogen and oxygen atoms in total. The lowest BCUT2D eigenvalue weighted by molar-refractivity contribution is 0.0953. The molecular weight excluding hydrogens is 211 g/mol. The molecule has 0 saturated heterocycles. The first kappa shape index (κ1) is 12.0. The molecule has 0 fully saturated rings. The van der Waals surface area contributed by atoms with Gasteiger partial charge in [0.1, 0.15) is 7.85 Å². The Balaban J connectivity index is 2.20. The summed E-state index contributed by atoms with van der Waals surface area (Å²) >= 11 is 0. The van der Waals surface area contributed by atoms with Crippen LogP contribution in [-0.4, -0.2) is 30.1 Å². The highest BCUT2D eigenvalue weighted by atomic mass is 16.3. The van der Waals surface area contributed by atoms with E-state index < -0.39 is 5.62 Å². The Hall–Kier alpha value is -1.52. The van der Waals surface area contributed by atoms with Crippen LogP contribution in [0.1, 0.15) is 5.56 Å². The molecule has 0 aliphatic carbocycles. The van der Waals surface area contributed by atoms with Gasteiger partial charge in [-0.2, -0.15) is 0 Å². The Labute approximate surface area is 102 Å². The number of hydrogen-bond donors (Lipinski definition) is 3. The van der Waals surface area contributed by atoms with Gasteiger partial charge in [0.25, 0.3) is 0 Å². The van der Waals surface area contributed by atoms with Crippen molar-refractivity contribution in [3.05, 3.63) is 48.7 Å². The number of fused-ring (bicyclic) bond motifs is 1. The summed E-state index contributed by atoms with van der Waals surface area (Å²) in [5.74, 6) is 0. The van der Waals surface area contributed by atoms with Gasteiger partial charge < -0.3 is 10.1 Å². The van der Waals surface area contributed by atoms with Crippen molar-refractivity contribution in [2.45, 2.75) is 12.0 Å². The summed E-state index contributed by atoms with van der Waals surface area (Å²) < 4.78 is 0. The van der Waals surface area contributed by atoms with Gasteiger partial charge in [-0.15, -0.1) is 6.58 Å². The van der Waals surface area contributed by atoms with E-state index in [-0.39, 0.29) is 0 Å². The van der Waals surface area contributed by atoms with Crippen molar-refractivity contribution >= 4 is 18.7 Å². The Morgan fingerprint density at radius 2 is 2.24 bits per heavy atom. The zero-order valence-corrected chi connectivity index (χ0v) is 9.61. The summed E-state index contributed by atoms with van der Waals surface area (Å²) in [5, 5.41) is 13.9. The standard InChI is InChI=1S/C13H15BN2O/c1-2-7-16-13(14,17)8-10-9-15-12-6-4-3-5-11(10)12/h2-6,9,15-17H,1,7-8H2. The summed E-state index contributed by atoms with van der Waals surface area (Å²) in [6, 6.07) is 7.93. The fourth-order valence-corrected chi connectivity index (χ4v) is 1.88. The minimum absolute atomic E-state index is 0.338. The van der Waals surface area contributed by atoms with Crippen LogP contribution >= 0.6 is 0 Å². The van der Waals surface area contributed by atoms with Crippen molar-refractivity contribution in [1.82, 2.24) is 10.3 Å². The third-order valence-electron chi connectivity index (χ3n) is 2.69. The molecule has 17 heavy (non-hydrogen) atoms. The third-order valence-corrected chi connectivity index (χ3v) is 2.69. The molecule has 3 N–H and O–H groups in total. The van der Waals surface area contributed by atoms with Gasteiger partial charge in [-0.1, -0.05) is 24.3 Å². The molecule has 0 saturated carbocycles. The molecule has 0 bridgehead atoms. The highest BCUT2D eigenvalue weighted by molar-refractivity contribution is 6.14. The summed E-state index contributed by atoms with van der Waals surface area (Å²) in [5.41, 5.74) is 0.614. The summed E-state index contributed by atoms with van der Waals surface area (Å²) in [7, 11) is 5.77. The number of H-pyrrole nitrogens is 1. The van der Waals surface area contributed by atoms with Crippen LogP contribution in [-0.2, 0) is 6.42 Å². The van der Waals surface area contributed by atoms with Gasteiger partial charge in [-0.3, -0.25) is 5.32 Å². The smallest absolute Gasteiger partial charge is 0.135 e. The van der Waals surface area contributed by atoms with Gasteiger partial charge in [0, 0.05) is 30.1 Å². The number of benzene rings is 1. The van der Waals surface area contributed by atoms with E-state index in [9.17, 15) is 5.11 Å². The summed E-state index contributed by atoms with van der Waals surface area (Å²) in [6.07, 6.45) is 3.87. The zero-order valence-electron chi connectivity index (χ0n) is 9.61. The highest BCUT2D eigenvalue weighted by Gasteiger charge is 2.20. The van der Waals surface area contributed by atoms with Crippen molar-refractivity contribution in [2.75, 3.05) is 6.54 Å². The third kappa shape index (κ3) is 2.78.